The normalized spacial score (nSPS) is 17.2. The molecule has 1 aliphatic heterocycles. The monoisotopic (exact) mass is 323 g/mol. The number of carbonyl (C=O) groups is 1. The average molecular weight is 323 g/mol. The number of amides is 1. The van der Waals surface area contributed by atoms with Crippen LogP contribution in [0, 0.1) is 6.92 Å². The summed E-state index contributed by atoms with van der Waals surface area (Å²) in [5.41, 5.74) is 0.852. The Bertz CT molecular complexity index is 493. The van der Waals surface area contributed by atoms with Crippen LogP contribution in [0.3, 0.4) is 0 Å². The summed E-state index contributed by atoms with van der Waals surface area (Å²) in [5.74, 6) is -0.0245. The summed E-state index contributed by atoms with van der Waals surface area (Å²) in [6, 6.07) is 0.285. The van der Waals surface area contributed by atoms with Gasteiger partial charge in [-0.1, -0.05) is 0 Å². The quantitative estimate of drug-likeness (QED) is 0.616. The van der Waals surface area contributed by atoms with Crippen LogP contribution in [-0.2, 0) is 9.53 Å². The molecule has 0 unspecified atom stereocenters. The molecule has 0 bridgehead atoms. The van der Waals surface area contributed by atoms with E-state index in [9.17, 15) is 4.79 Å². The predicted octanol–water partition coefficient (Wildman–Crippen LogP) is 2.08. The minimum atomic E-state index is -0.0245. The van der Waals surface area contributed by atoms with Crippen LogP contribution in [0.2, 0.25) is 0 Å². The molecule has 5 nitrogen and oxygen atoms in total. The van der Waals surface area contributed by atoms with Crippen molar-refractivity contribution < 1.29 is 9.53 Å². The standard InChI is InChI=1S/C16H25N3O2S/c1-13-17-15(12-22-13)4-5-16(20)18-14-6-9-19(10-7-14)8-3-11-21-2/h4-5,12,14H,3,6-11H2,1-2H3,(H,18,20)/b5-4-. The van der Waals surface area contributed by atoms with Gasteiger partial charge in [-0.2, -0.15) is 0 Å². The number of piperidine rings is 1. The van der Waals surface area contributed by atoms with Crippen LogP contribution in [-0.4, -0.2) is 55.2 Å². The van der Waals surface area contributed by atoms with Crippen LogP contribution in [0.5, 0.6) is 0 Å². The van der Waals surface area contributed by atoms with Gasteiger partial charge in [0.2, 0.25) is 5.91 Å². The number of nitrogens with zero attached hydrogens (tertiary/aromatic N) is 2. The van der Waals surface area contributed by atoms with Crippen molar-refractivity contribution >= 4 is 23.3 Å². The van der Waals surface area contributed by atoms with Crippen LogP contribution in [0.25, 0.3) is 6.08 Å². The first kappa shape index (κ1) is 17.1. The topological polar surface area (TPSA) is 54.5 Å². The van der Waals surface area contributed by atoms with Crippen molar-refractivity contribution in [2.75, 3.05) is 33.4 Å². The van der Waals surface area contributed by atoms with Crippen LogP contribution < -0.4 is 5.32 Å². The maximum absolute atomic E-state index is 11.9. The average Bonchev–Trinajstić information content (AvgIpc) is 2.93. The van der Waals surface area contributed by atoms with Crippen molar-refractivity contribution in [3.63, 3.8) is 0 Å². The molecule has 1 amide bonds. The Morgan fingerprint density at radius 2 is 2.32 bits per heavy atom. The summed E-state index contributed by atoms with van der Waals surface area (Å²) >= 11 is 1.59. The van der Waals surface area contributed by atoms with E-state index < -0.39 is 0 Å². The summed E-state index contributed by atoms with van der Waals surface area (Å²) < 4.78 is 5.08. The Kier molecular flexibility index (Phi) is 7.02. The molecule has 0 saturated carbocycles. The summed E-state index contributed by atoms with van der Waals surface area (Å²) in [7, 11) is 1.74. The molecule has 1 saturated heterocycles. The van der Waals surface area contributed by atoms with Crippen molar-refractivity contribution in [1.82, 2.24) is 15.2 Å². The Morgan fingerprint density at radius 1 is 1.55 bits per heavy atom. The first-order valence-electron chi connectivity index (χ1n) is 7.79. The van der Waals surface area contributed by atoms with Crippen molar-refractivity contribution in [3.8, 4) is 0 Å². The lowest BCUT2D eigenvalue weighted by molar-refractivity contribution is -0.117. The third kappa shape index (κ3) is 5.87. The van der Waals surface area contributed by atoms with Crippen LogP contribution >= 0.6 is 11.3 Å². The van der Waals surface area contributed by atoms with E-state index in [-0.39, 0.29) is 11.9 Å². The zero-order valence-electron chi connectivity index (χ0n) is 13.4. The smallest absolute Gasteiger partial charge is 0.244 e. The molecule has 1 aliphatic rings. The Labute approximate surface area is 136 Å². The number of rotatable bonds is 7. The zero-order valence-corrected chi connectivity index (χ0v) is 14.2. The molecule has 1 N–H and O–H groups in total. The molecule has 1 fully saturated rings. The molecule has 2 heterocycles. The van der Waals surface area contributed by atoms with E-state index in [1.807, 2.05) is 12.3 Å². The number of hydrogen-bond acceptors (Lipinski definition) is 5. The predicted molar refractivity (Wildman–Crippen MR) is 90.0 cm³/mol. The van der Waals surface area contributed by atoms with E-state index in [1.54, 1.807) is 30.6 Å². The number of aryl methyl sites for hydroxylation is 1. The lowest BCUT2D eigenvalue weighted by Crippen LogP contribution is -2.44. The fourth-order valence-corrected chi connectivity index (χ4v) is 3.18. The molecule has 0 aromatic carbocycles. The van der Waals surface area contributed by atoms with E-state index in [0.29, 0.717) is 0 Å². The maximum atomic E-state index is 11.9. The molecule has 122 valence electrons. The van der Waals surface area contributed by atoms with Crippen LogP contribution in [0.4, 0.5) is 0 Å². The van der Waals surface area contributed by atoms with Gasteiger partial charge in [0.1, 0.15) is 0 Å². The number of ether oxygens (including phenoxy) is 1. The van der Waals surface area contributed by atoms with Crippen molar-refractivity contribution in [2.24, 2.45) is 0 Å². The fraction of sp³-hybridized carbons (Fsp3) is 0.625. The number of methoxy groups -OCH3 is 1. The molecule has 0 spiro atoms. The van der Waals surface area contributed by atoms with Gasteiger partial charge in [0.15, 0.2) is 0 Å². The molecule has 0 aliphatic carbocycles. The molecule has 1 aromatic heterocycles. The van der Waals surface area contributed by atoms with E-state index in [2.05, 4.69) is 15.2 Å². The molecular formula is C16H25N3O2S. The minimum Gasteiger partial charge on any atom is -0.385 e. The Morgan fingerprint density at radius 3 is 2.95 bits per heavy atom. The second-order valence-electron chi connectivity index (χ2n) is 5.60. The van der Waals surface area contributed by atoms with Crippen LogP contribution in [0.15, 0.2) is 11.5 Å². The van der Waals surface area contributed by atoms with Gasteiger partial charge in [0.25, 0.3) is 0 Å². The number of nitrogens with one attached hydrogen (secondary N) is 1. The van der Waals surface area contributed by atoms with E-state index >= 15 is 0 Å². The number of carbonyl (C=O) groups excluding carboxylic acids is 1. The van der Waals surface area contributed by atoms with Crippen molar-refractivity contribution in [3.05, 3.63) is 22.2 Å². The summed E-state index contributed by atoms with van der Waals surface area (Å²) in [5, 5.41) is 6.05. The van der Waals surface area contributed by atoms with Gasteiger partial charge in [0.05, 0.1) is 10.7 Å². The highest BCUT2D eigenvalue weighted by Gasteiger charge is 2.19. The van der Waals surface area contributed by atoms with Gasteiger partial charge in [0, 0.05) is 50.8 Å². The Hall–Kier alpha value is -1.24. The Balaban J connectivity index is 1.67. The molecule has 2 rings (SSSR count). The summed E-state index contributed by atoms with van der Waals surface area (Å²) in [6.07, 6.45) is 6.46. The minimum absolute atomic E-state index is 0.0245. The number of aromatic nitrogens is 1. The lowest BCUT2D eigenvalue weighted by Gasteiger charge is -2.32. The highest BCUT2D eigenvalue weighted by atomic mass is 32.1. The molecule has 0 radical (unpaired) electrons. The number of hydrogen-bond donors (Lipinski definition) is 1. The fourth-order valence-electron chi connectivity index (χ4n) is 2.60. The summed E-state index contributed by atoms with van der Waals surface area (Å²) in [6.45, 7) is 5.95. The van der Waals surface area contributed by atoms with Gasteiger partial charge in [-0.3, -0.25) is 4.79 Å². The second kappa shape index (κ2) is 9.02. The SMILES string of the molecule is COCCCN1CCC(NC(=O)/C=C\c2csc(C)n2)CC1. The van der Waals surface area contributed by atoms with Gasteiger partial charge in [-0.05, 0) is 32.3 Å². The van der Waals surface area contributed by atoms with E-state index in [1.165, 1.54) is 0 Å². The lowest BCUT2D eigenvalue weighted by atomic mass is 10.0. The number of thiazole rings is 1. The van der Waals surface area contributed by atoms with Gasteiger partial charge in [-0.25, -0.2) is 4.98 Å². The highest BCUT2D eigenvalue weighted by molar-refractivity contribution is 7.09. The molecule has 1 aromatic rings. The van der Waals surface area contributed by atoms with Crippen LogP contribution in [0.1, 0.15) is 30.0 Å². The second-order valence-corrected chi connectivity index (χ2v) is 6.66. The maximum Gasteiger partial charge on any atom is 0.244 e. The molecule has 22 heavy (non-hydrogen) atoms. The molecule has 6 heteroatoms. The first-order valence-corrected chi connectivity index (χ1v) is 8.67. The highest BCUT2D eigenvalue weighted by Crippen LogP contribution is 2.11. The van der Waals surface area contributed by atoms with Gasteiger partial charge >= 0.3 is 0 Å². The number of likely N-dealkylation sites (tertiary alicyclic amines) is 1. The summed E-state index contributed by atoms with van der Waals surface area (Å²) in [4.78, 5) is 18.7. The van der Waals surface area contributed by atoms with Crippen molar-refractivity contribution in [2.45, 2.75) is 32.2 Å². The van der Waals surface area contributed by atoms with E-state index in [0.717, 1.165) is 56.2 Å². The third-order valence-electron chi connectivity index (χ3n) is 3.80. The molecular weight excluding hydrogens is 298 g/mol. The molecule has 0 atom stereocenters. The van der Waals surface area contributed by atoms with Crippen molar-refractivity contribution in [1.29, 1.82) is 0 Å². The first-order chi connectivity index (χ1) is 10.7. The zero-order chi connectivity index (χ0) is 15.8. The van der Waals surface area contributed by atoms with E-state index in [4.69, 9.17) is 4.74 Å². The largest absolute Gasteiger partial charge is 0.385 e. The third-order valence-corrected chi connectivity index (χ3v) is 4.59. The van der Waals surface area contributed by atoms with Gasteiger partial charge in [-0.15, -0.1) is 11.3 Å². The van der Waals surface area contributed by atoms with Gasteiger partial charge < -0.3 is 15.0 Å².